The van der Waals surface area contributed by atoms with Gasteiger partial charge < -0.3 is 5.32 Å². The van der Waals surface area contributed by atoms with Crippen LogP contribution in [-0.4, -0.2) is 22.4 Å². The maximum absolute atomic E-state index is 13.5. The number of Topliss-reactive ketones (excluding diaryl/α,β-unsaturated/α-hetero) is 1. The number of nitrogens with zero attached hydrogens (tertiary/aromatic N) is 2. The van der Waals surface area contributed by atoms with Crippen LogP contribution in [0, 0.1) is 23.1 Å². The standard InChI is InChI=1S/C17H14FN3O2S/c18-13-5-1-2-6-15(13)24-10-8-14(22)12(11-19)17(23)21-16-7-3-4-9-20-16/h1-7,9,12H,8,10H2,(H,20,21,23). The van der Waals surface area contributed by atoms with Crippen LogP contribution in [0.25, 0.3) is 0 Å². The lowest BCUT2D eigenvalue weighted by Gasteiger charge is -2.09. The summed E-state index contributed by atoms with van der Waals surface area (Å²) in [6, 6.07) is 12.9. The van der Waals surface area contributed by atoms with E-state index in [1.54, 1.807) is 42.5 Å². The number of nitrogens with one attached hydrogen (secondary N) is 1. The molecular formula is C17H14FN3O2S. The largest absolute Gasteiger partial charge is 0.309 e. The minimum atomic E-state index is -1.41. The van der Waals surface area contributed by atoms with Crippen molar-refractivity contribution in [1.82, 2.24) is 4.98 Å². The van der Waals surface area contributed by atoms with E-state index in [-0.39, 0.29) is 23.8 Å². The van der Waals surface area contributed by atoms with Gasteiger partial charge in [-0.25, -0.2) is 9.37 Å². The van der Waals surface area contributed by atoms with E-state index in [0.29, 0.717) is 4.90 Å². The number of halogens is 1. The van der Waals surface area contributed by atoms with Crippen molar-refractivity contribution in [3.63, 3.8) is 0 Å². The Morgan fingerprint density at radius 2 is 2.00 bits per heavy atom. The van der Waals surface area contributed by atoms with E-state index in [4.69, 9.17) is 5.26 Å². The van der Waals surface area contributed by atoms with Crippen LogP contribution < -0.4 is 5.32 Å². The van der Waals surface area contributed by atoms with Crippen LogP contribution >= 0.6 is 11.8 Å². The normalized spacial score (nSPS) is 11.3. The van der Waals surface area contributed by atoms with Gasteiger partial charge in [-0.15, -0.1) is 11.8 Å². The van der Waals surface area contributed by atoms with Crippen molar-refractivity contribution in [2.45, 2.75) is 11.3 Å². The Kier molecular flexibility index (Phi) is 6.46. The molecule has 0 aliphatic rings. The van der Waals surface area contributed by atoms with Crippen LogP contribution in [0.3, 0.4) is 0 Å². The highest BCUT2D eigenvalue weighted by molar-refractivity contribution is 7.99. The molecule has 0 saturated carbocycles. The molecular weight excluding hydrogens is 329 g/mol. The molecule has 1 unspecified atom stereocenters. The second-order valence-corrected chi connectivity index (χ2v) is 5.90. The minimum Gasteiger partial charge on any atom is -0.309 e. The van der Waals surface area contributed by atoms with Gasteiger partial charge in [0.25, 0.3) is 5.91 Å². The van der Waals surface area contributed by atoms with Crippen LogP contribution in [0.5, 0.6) is 0 Å². The van der Waals surface area contributed by atoms with Gasteiger partial charge in [-0.3, -0.25) is 9.59 Å². The summed E-state index contributed by atoms with van der Waals surface area (Å²) in [6.07, 6.45) is 1.48. The third-order valence-corrected chi connectivity index (χ3v) is 4.12. The second kappa shape index (κ2) is 8.79. The van der Waals surface area contributed by atoms with Gasteiger partial charge in [0.2, 0.25) is 0 Å². The number of aromatic nitrogens is 1. The Morgan fingerprint density at radius 1 is 1.25 bits per heavy atom. The first kappa shape index (κ1) is 17.6. The summed E-state index contributed by atoms with van der Waals surface area (Å²) in [5.74, 6) is -2.43. The van der Waals surface area contributed by atoms with Gasteiger partial charge in [-0.05, 0) is 24.3 Å². The van der Waals surface area contributed by atoms with Gasteiger partial charge in [0, 0.05) is 23.3 Å². The first-order valence-corrected chi connectivity index (χ1v) is 8.12. The van der Waals surface area contributed by atoms with E-state index in [9.17, 15) is 14.0 Å². The molecule has 122 valence electrons. The fourth-order valence-electron chi connectivity index (χ4n) is 1.88. The summed E-state index contributed by atoms with van der Waals surface area (Å²) in [5, 5.41) is 11.5. The molecule has 1 atom stereocenters. The monoisotopic (exact) mass is 343 g/mol. The van der Waals surface area contributed by atoms with E-state index in [1.165, 1.54) is 24.0 Å². The predicted molar refractivity (Wildman–Crippen MR) is 88.7 cm³/mol. The first-order chi connectivity index (χ1) is 11.6. The minimum absolute atomic E-state index is 0.00708. The molecule has 1 aromatic heterocycles. The fraction of sp³-hybridized carbons (Fsp3) is 0.176. The molecule has 0 bridgehead atoms. The van der Waals surface area contributed by atoms with Gasteiger partial charge in [0.05, 0.1) is 6.07 Å². The maximum Gasteiger partial charge on any atom is 0.250 e. The third-order valence-electron chi connectivity index (χ3n) is 3.07. The van der Waals surface area contributed by atoms with Crippen molar-refractivity contribution in [3.05, 3.63) is 54.5 Å². The highest BCUT2D eigenvalue weighted by Gasteiger charge is 2.26. The zero-order chi connectivity index (χ0) is 17.4. The molecule has 7 heteroatoms. The Bertz CT molecular complexity index is 762. The highest BCUT2D eigenvalue weighted by atomic mass is 32.2. The van der Waals surface area contributed by atoms with Crippen molar-refractivity contribution in [2.75, 3.05) is 11.1 Å². The Hall–Kier alpha value is -2.72. The van der Waals surface area contributed by atoms with Gasteiger partial charge in [-0.1, -0.05) is 18.2 Å². The molecule has 5 nitrogen and oxygen atoms in total. The van der Waals surface area contributed by atoms with Gasteiger partial charge in [0.15, 0.2) is 11.7 Å². The zero-order valence-corrected chi connectivity index (χ0v) is 13.4. The predicted octanol–water partition coefficient (Wildman–Crippen LogP) is 3.05. The van der Waals surface area contributed by atoms with Crippen molar-refractivity contribution in [1.29, 1.82) is 5.26 Å². The van der Waals surface area contributed by atoms with Crippen molar-refractivity contribution >= 4 is 29.3 Å². The van der Waals surface area contributed by atoms with Crippen molar-refractivity contribution in [2.24, 2.45) is 5.92 Å². The summed E-state index contributed by atoms with van der Waals surface area (Å²) in [7, 11) is 0. The SMILES string of the molecule is N#CC(C(=O)CCSc1ccccc1F)C(=O)Nc1ccccn1. The summed E-state index contributed by atoms with van der Waals surface area (Å²) < 4.78 is 13.5. The average Bonchev–Trinajstić information content (AvgIpc) is 2.58. The molecule has 24 heavy (non-hydrogen) atoms. The van der Waals surface area contributed by atoms with E-state index >= 15 is 0 Å². The van der Waals surface area contributed by atoms with E-state index in [0.717, 1.165) is 0 Å². The number of hydrogen-bond acceptors (Lipinski definition) is 5. The smallest absolute Gasteiger partial charge is 0.250 e. The molecule has 1 heterocycles. The van der Waals surface area contributed by atoms with Crippen LogP contribution in [0.1, 0.15) is 6.42 Å². The molecule has 0 saturated heterocycles. The average molecular weight is 343 g/mol. The molecule has 0 aliphatic carbocycles. The maximum atomic E-state index is 13.5. The fourth-order valence-corrected chi connectivity index (χ4v) is 2.78. The molecule has 0 fully saturated rings. The molecule has 1 N–H and O–H groups in total. The van der Waals surface area contributed by atoms with E-state index in [2.05, 4.69) is 10.3 Å². The number of carbonyl (C=O) groups is 2. The van der Waals surface area contributed by atoms with Crippen LogP contribution in [0.4, 0.5) is 10.2 Å². The summed E-state index contributed by atoms with van der Waals surface area (Å²) >= 11 is 1.17. The topological polar surface area (TPSA) is 82.8 Å². The lowest BCUT2D eigenvalue weighted by molar-refractivity contribution is -0.128. The Labute approximate surface area is 142 Å². The number of nitriles is 1. The molecule has 0 spiro atoms. The number of pyridine rings is 1. The molecule has 0 aliphatic heterocycles. The van der Waals surface area contributed by atoms with Crippen molar-refractivity contribution in [3.8, 4) is 6.07 Å². The Morgan fingerprint density at radius 3 is 2.67 bits per heavy atom. The number of ketones is 1. The van der Waals surface area contributed by atoms with Crippen LogP contribution in [0.2, 0.25) is 0 Å². The number of thioether (sulfide) groups is 1. The van der Waals surface area contributed by atoms with E-state index < -0.39 is 17.6 Å². The van der Waals surface area contributed by atoms with Crippen LogP contribution in [-0.2, 0) is 9.59 Å². The zero-order valence-electron chi connectivity index (χ0n) is 12.6. The lowest BCUT2D eigenvalue weighted by Crippen LogP contribution is -2.29. The number of hydrogen-bond donors (Lipinski definition) is 1. The number of benzene rings is 1. The number of rotatable bonds is 7. The highest BCUT2D eigenvalue weighted by Crippen LogP contribution is 2.22. The second-order valence-electron chi connectivity index (χ2n) is 4.76. The molecule has 1 amide bonds. The quantitative estimate of drug-likeness (QED) is 0.617. The number of carbonyl (C=O) groups excluding carboxylic acids is 2. The summed E-state index contributed by atoms with van der Waals surface area (Å²) in [5.41, 5.74) is 0. The van der Waals surface area contributed by atoms with Gasteiger partial charge in [0.1, 0.15) is 11.6 Å². The summed E-state index contributed by atoms with van der Waals surface area (Å²) in [4.78, 5) is 28.4. The summed E-state index contributed by atoms with van der Waals surface area (Å²) in [6.45, 7) is 0. The molecule has 2 aromatic rings. The number of amides is 1. The van der Waals surface area contributed by atoms with E-state index in [1.807, 2.05) is 0 Å². The lowest BCUT2D eigenvalue weighted by atomic mass is 10.0. The van der Waals surface area contributed by atoms with Gasteiger partial charge in [-0.2, -0.15) is 5.26 Å². The molecule has 2 rings (SSSR count). The molecule has 0 radical (unpaired) electrons. The van der Waals surface area contributed by atoms with Crippen molar-refractivity contribution < 1.29 is 14.0 Å². The third kappa shape index (κ3) is 4.89. The first-order valence-electron chi connectivity index (χ1n) is 7.13. The number of anilines is 1. The Balaban J connectivity index is 1.88. The van der Waals surface area contributed by atoms with Crippen LogP contribution in [0.15, 0.2) is 53.6 Å². The molecule has 1 aromatic carbocycles. The van der Waals surface area contributed by atoms with Gasteiger partial charge >= 0.3 is 0 Å².